The summed E-state index contributed by atoms with van der Waals surface area (Å²) in [5.41, 5.74) is 33.2. The number of hydrogen-bond acceptors (Lipinski definition) is 37. The Hall–Kier alpha value is -11.6. The number of rotatable bonds is 77. The highest BCUT2D eigenvalue weighted by Gasteiger charge is 2.34. The maximum Gasteiger partial charge on any atom is 0.315 e. The third-order valence-corrected chi connectivity index (χ3v) is 18.5. The van der Waals surface area contributed by atoms with Gasteiger partial charge < -0.3 is 153 Å². The summed E-state index contributed by atoms with van der Waals surface area (Å²) in [7, 11) is 0. The summed E-state index contributed by atoms with van der Waals surface area (Å²) in [6.45, 7) is 10.7. The third-order valence-electron chi connectivity index (χ3n) is 18.5. The predicted molar refractivity (Wildman–Crippen MR) is 472 cm³/mol. The number of anilines is 3. The first kappa shape index (κ1) is 103. The number of nitrogen functional groups attached to an aromatic ring is 3. The molecule has 6 aromatic heterocycles. The Labute approximate surface area is 756 Å². The van der Waals surface area contributed by atoms with E-state index in [4.69, 9.17) is 117 Å². The number of carbonyl (C=O) groups excluding carboxylic acids is 4. The van der Waals surface area contributed by atoms with Gasteiger partial charge in [0.2, 0.25) is 53.2 Å². The third kappa shape index (κ3) is 43.3. The first-order valence-corrected chi connectivity index (χ1v) is 43.1. The molecule has 9 aromatic rings. The minimum absolute atomic E-state index is 0.00134. The van der Waals surface area contributed by atoms with Crippen molar-refractivity contribution in [3.8, 4) is 17.6 Å². The van der Waals surface area contributed by atoms with Gasteiger partial charge in [-0.15, -0.1) is 0 Å². The standard InChI is InChI=1S/C84H121N23O24/c85-80-100-74-71(93-59-96-74)77(103-80)129-54-65-7-1-62(2-8-65)51-124-48-45-121-42-39-118-34-29-112-24-17-89-68(108)13-16-84(106-83(111)92-20-27-115-32-37-117-38-33-116-28-21-99-107-88,57-127-22-14-69(109)90-18-25-113-30-35-119-40-43-122-46-49-125-52-63-3-9-66(10-4-63)55-130-78-72-75(97-60-94-72)101-81(86)104-78)58-128-23-15-70(110)91-19-26-114-31-36-120-41-44-123-47-50-126-53-64-5-11-67(12-6-64)56-131-79-73-76(98-61-95-73)102-82(87)105-79/h1-12,59-61H,13-58H2,(H,89,108)(H,90,109)(H,91,110)(H2,92,106,111)(H3,85,93,96,100,103)(H3,86,94,97,101,104)(H3,87,95,98,102,105). The van der Waals surface area contributed by atoms with Gasteiger partial charge in [-0.25, -0.2) is 19.7 Å². The Bertz CT molecular complexity index is 4540. The van der Waals surface area contributed by atoms with Gasteiger partial charge in [0.05, 0.1) is 249 Å². The van der Waals surface area contributed by atoms with E-state index in [-0.39, 0.29) is 206 Å². The van der Waals surface area contributed by atoms with Crippen molar-refractivity contribution >= 4 is 75.1 Å². The molecule has 14 N–H and O–H groups in total. The number of H-pyrrole nitrogens is 3. The van der Waals surface area contributed by atoms with Crippen LogP contribution in [0.4, 0.5) is 22.6 Å². The van der Waals surface area contributed by atoms with Crippen LogP contribution in [0.25, 0.3) is 43.9 Å². The summed E-state index contributed by atoms with van der Waals surface area (Å²) in [4.78, 5) is 102. The molecule has 0 aliphatic carbocycles. The lowest BCUT2D eigenvalue weighted by Gasteiger charge is -2.34. The molecule has 0 unspecified atom stereocenters. The summed E-state index contributed by atoms with van der Waals surface area (Å²) < 4.78 is 115. The number of urea groups is 1. The molecule has 47 heteroatoms. The lowest BCUT2D eigenvalue weighted by molar-refractivity contribution is -0.123. The van der Waals surface area contributed by atoms with E-state index in [1.807, 2.05) is 72.8 Å². The number of aromatic nitrogens is 12. The first-order chi connectivity index (χ1) is 64.4. The predicted octanol–water partition coefficient (Wildman–Crippen LogP) is 3.61. The summed E-state index contributed by atoms with van der Waals surface area (Å²) in [6.07, 6.45) is 4.30. The Kier molecular flexibility index (Phi) is 50.0. The van der Waals surface area contributed by atoms with E-state index in [2.05, 4.69) is 96.4 Å². The second-order valence-electron chi connectivity index (χ2n) is 28.6. The normalized spacial score (nSPS) is 11.5. The van der Waals surface area contributed by atoms with Crippen LogP contribution in [0.2, 0.25) is 0 Å². The summed E-state index contributed by atoms with van der Waals surface area (Å²) in [5.74, 6) is 0.204. The highest BCUT2D eigenvalue weighted by Crippen LogP contribution is 2.25. The van der Waals surface area contributed by atoms with Crippen molar-refractivity contribution in [1.82, 2.24) is 86.4 Å². The number of carbonyl (C=O) groups is 4. The van der Waals surface area contributed by atoms with Gasteiger partial charge >= 0.3 is 6.03 Å². The van der Waals surface area contributed by atoms with Gasteiger partial charge in [-0.1, -0.05) is 77.9 Å². The monoisotopic (exact) mass is 1840 g/mol. The molecule has 0 fully saturated rings. The van der Waals surface area contributed by atoms with Gasteiger partial charge in [-0.2, -0.15) is 29.9 Å². The molecule has 3 aromatic carbocycles. The van der Waals surface area contributed by atoms with Crippen LogP contribution in [-0.4, -0.2) is 327 Å². The zero-order valence-electron chi connectivity index (χ0n) is 73.6. The average molecular weight is 1840 g/mol. The van der Waals surface area contributed by atoms with Crippen molar-refractivity contribution < 1.29 is 114 Å². The van der Waals surface area contributed by atoms with Gasteiger partial charge in [-0.05, 0) is 45.3 Å². The second-order valence-corrected chi connectivity index (χ2v) is 28.6. The van der Waals surface area contributed by atoms with Crippen LogP contribution >= 0.6 is 0 Å². The molecule has 47 nitrogen and oxygen atoms in total. The van der Waals surface area contributed by atoms with Gasteiger partial charge in [0, 0.05) is 56.9 Å². The number of nitrogens with one attached hydrogen (secondary N) is 8. The Morgan fingerprint density at radius 2 is 0.595 bits per heavy atom. The number of amides is 5. The van der Waals surface area contributed by atoms with E-state index in [0.29, 0.717) is 183 Å². The molecule has 0 aliphatic heterocycles. The van der Waals surface area contributed by atoms with Crippen LogP contribution in [0.5, 0.6) is 17.6 Å². The molecule has 0 aliphatic rings. The quantitative estimate of drug-likeness (QED) is 0.0112. The number of benzene rings is 3. The van der Waals surface area contributed by atoms with E-state index in [1.54, 1.807) is 0 Å². The van der Waals surface area contributed by atoms with Crippen LogP contribution in [0, 0.1) is 0 Å². The van der Waals surface area contributed by atoms with Crippen molar-refractivity contribution in [2.24, 2.45) is 5.11 Å². The second kappa shape index (κ2) is 63.4. The molecular formula is C84H121N23O24. The topological polar surface area (TPSA) is 603 Å². The summed E-state index contributed by atoms with van der Waals surface area (Å²) in [6, 6.07) is 22.8. The van der Waals surface area contributed by atoms with Crippen LogP contribution in [0.1, 0.15) is 59.1 Å². The van der Waals surface area contributed by atoms with Crippen molar-refractivity contribution in [1.29, 1.82) is 0 Å². The van der Waals surface area contributed by atoms with E-state index in [1.165, 1.54) is 19.0 Å². The lowest BCUT2D eigenvalue weighted by Crippen LogP contribution is -2.58. The molecule has 0 saturated carbocycles. The number of imidazole rings is 3. The Balaban J connectivity index is 0.637. The van der Waals surface area contributed by atoms with Crippen LogP contribution in [0.3, 0.4) is 0 Å². The minimum Gasteiger partial charge on any atom is -0.471 e. The first-order valence-electron chi connectivity index (χ1n) is 43.1. The Morgan fingerprint density at radius 3 is 0.901 bits per heavy atom. The Morgan fingerprint density at radius 1 is 0.328 bits per heavy atom. The lowest BCUT2D eigenvalue weighted by atomic mass is 9.94. The van der Waals surface area contributed by atoms with Gasteiger partial charge in [-0.3, -0.25) is 14.4 Å². The van der Waals surface area contributed by atoms with E-state index < -0.39 is 11.6 Å². The van der Waals surface area contributed by atoms with E-state index >= 15 is 0 Å². The van der Waals surface area contributed by atoms with Crippen molar-refractivity contribution in [3.63, 3.8) is 0 Å². The molecule has 6 heterocycles. The fourth-order valence-electron chi connectivity index (χ4n) is 11.8. The van der Waals surface area contributed by atoms with Gasteiger partial charge in [0.25, 0.3) is 0 Å². The molecule has 0 bridgehead atoms. The molecule has 0 saturated heterocycles. The molecular weight excluding hydrogens is 1720 g/mol. The highest BCUT2D eigenvalue weighted by molar-refractivity contribution is 5.80. The molecule has 716 valence electrons. The van der Waals surface area contributed by atoms with Crippen LogP contribution < -0.4 is 58.0 Å². The number of nitrogens with two attached hydrogens (primary N) is 3. The van der Waals surface area contributed by atoms with Crippen LogP contribution in [-0.2, 0) is 135 Å². The summed E-state index contributed by atoms with van der Waals surface area (Å²) in [5, 5.41) is 17.7. The zero-order valence-corrected chi connectivity index (χ0v) is 73.6. The molecule has 0 radical (unpaired) electrons. The van der Waals surface area contributed by atoms with Crippen molar-refractivity contribution in [2.45, 2.75) is 70.9 Å². The van der Waals surface area contributed by atoms with Gasteiger partial charge in [0.1, 0.15) is 36.4 Å². The minimum atomic E-state index is -1.38. The van der Waals surface area contributed by atoms with Crippen LogP contribution in [0.15, 0.2) is 96.9 Å². The number of hydrogen-bond donors (Lipinski definition) is 11. The molecule has 0 atom stereocenters. The maximum absolute atomic E-state index is 13.8. The zero-order chi connectivity index (χ0) is 91.9. The number of aromatic amines is 3. The number of nitrogens with zero attached hydrogens (tertiary/aromatic N) is 12. The van der Waals surface area contributed by atoms with E-state index in [9.17, 15) is 19.2 Å². The van der Waals surface area contributed by atoms with Crippen molar-refractivity contribution in [2.75, 3.05) is 255 Å². The van der Waals surface area contributed by atoms with E-state index in [0.717, 1.165) is 33.4 Å². The maximum atomic E-state index is 13.8. The number of ether oxygens (including phenoxy) is 20. The SMILES string of the molecule is [N-]=[N+]=NCCOCCOCCOCCNC(=O)NC(CCC(=O)NCCOCCOCCOCCOCc1ccc(COc2nc(N)nc3nc[nH]c23)cc1)(COCCC(=O)NCCOCCOCCOCCOCc1ccc(COc2nc(N)nc3nc[nH]c23)cc1)COCCC(=O)NCCOCCOCCOCCOCc1ccc(COc2nc(N)nc3nc[nH]c23)cc1. The molecule has 131 heavy (non-hydrogen) atoms. The van der Waals surface area contributed by atoms with Gasteiger partial charge in [0.15, 0.2) is 16.9 Å². The average Bonchev–Trinajstić information content (AvgIpc) is 1.72. The highest BCUT2D eigenvalue weighted by atomic mass is 16.6. The largest absolute Gasteiger partial charge is 0.471 e. The fourth-order valence-corrected chi connectivity index (χ4v) is 11.8. The molecule has 9 rings (SSSR count). The molecule has 0 spiro atoms. The summed E-state index contributed by atoms with van der Waals surface area (Å²) >= 11 is 0. The molecule has 5 amide bonds. The number of azide groups is 1. The smallest absolute Gasteiger partial charge is 0.315 e. The van der Waals surface area contributed by atoms with Crippen molar-refractivity contribution in [3.05, 3.63) is 136 Å². The fraction of sp³-hybridized carbons (Fsp3) is 0.560. The number of fused-ring (bicyclic) bond motifs is 3.